The van der Waals surface area contributed by atoms with E-state index in [1.165, 1.54) is 0 Å². The van der Waals surface area contributed by atoms with Gasteiger partial charge in [0.25, 0.3) is 5.91 Å². The number of amides is 1. The SMILES string of the molecule is O=C(Nc1ccc2[nH]c(=O)[nH]c2c1)c1ccnc(O[C@H]2CCSC2)c1. The van der Waals surface area contributed by atoms with Crippen molar-refractivity contribution < 1.29 is 9.53 Å². The van der Waals surface area contributed by atoms with E-state index < -0.39 is 0 Å². The van der Waals surface area contributed by atoms with Crippen molar-refractivity contribution in [3.63, 3.8) is 0 Å². The second kappa shape index (κ2) is 6.64. The molecular formula is C17H16N4O3S. The highest BCUT2D eigenvalue weighted by molar-refractivity contribution is 7.99. The highest BCUT2D eigenvalue weighted by atomic mass is 32.2. The predicted molar refractivity (Wildman–Crippen MR) is 97.5 cm³/mol. The van der Waals surface area contributed by atoms with E-state index in [0.29, 0.717) is 28.2 Å². The van der Waals surface area contributed by atoms with Crippen LogP contribution < -0.4 is 15.7 Å². The third-order valence-electron chi connectivity index (χ3n) is 3.95. The number of pyridine rings is 1. The van der Waals surface area contributed by atoms with Crippen molar-refractivity contribution in [1.82, 2.24) is 15.0 Å². The lowest BCUT2D eigenvalue weighted by Gasteiger charge is -2.12. The molecule has 25 heavy (non-hydrogen) atoms. The molecule has 0 bridgehead atoms. The number of anilines is 1. The molecule has 1 saturated heterocycles. The Morgan fingerprint density at radius 3 is 2.96 bits per heavy atom. The zero-order chi connectivity index (χ0) is 17.2. The van der Waals surface area contributed by atoms with Gasteiger partial charge in [-0.05, 0) is 36.4 Å². The highest BCUT2D eigenvalue weighted by Crippen LogP contribution is 2.23. The lowest BCUT2D eigenvalue weighted by atomic mass is 10.2. The third-order valence-corrected chi connectivity index (χ3v) is 5.08. The van der Waals surface area contributed by atoms with Crippen LogP contribution in [0.5, 0.6) is 5.88 Å². The van der Waals surface area contributed by atoms with Gasteiger partial charge in [0.1, 0.15) is 6.10 Å². The normalized spacial score (nSPS) is 16.9. The molecule has 1 fully saturated rings. The van der Waals surface area contributed by atoms with Gasteiger partial charge < -0.3 is 20.0 Å². The second-order valence-electron chi connectivity index (χ2n) is 5.78. The van der Waals surface area contributed by atoms with E-state index in [2.05, 4.69) is 20.3 Å². The van der Waals surface area contributed by atoms with Gasteiger partial charge in [-0.1, -0.05) is 0 Å². The Balaban J connectivity index is 1.50. The minimum Gasteiger partial charge on any atom is -0.473 e. The van der Waals surface area contributed by atoms with Crippen molar-refractivity contribution in [3.8, 4) is 5.88 Å². The minimum atomic E-state index is -0.278. The Kier molecular flexibility index (Phi) is 4.19. The number of aromatic amines is 2. The first-order valence-electron chi connectivity index (χ1n) is 7.91. The fourth-order valence-corrected chi connectivity index (χ4v) is 3.80. The molecule has 0 saturated carbocycles. The minimum absolute atomic E-state index is 0.156. The molecule has 2 aromatic heterocycles. The van der Waals surface area contributed by atoms with Gasteiger partial charge in [0.15, 0.2) is 0 Å². The molecule has 1 atom stereocenters. The maximum atomic E-state index is 12.5. The molecule has 1 aliphatic heterocycles. The zero-order valence-electron chi connectivity index (χ0n) is 13.2. The molecule has 8 heteroatoms. The first-order valence-corrected chi connectivity index (χ1v) is 9.07. The molecule has 7 nitrogen and oxygen atoms in total. The number of carbonyl (C=O) groups is 1. The molecular weight excluding hydrogens is 340 g/mol. The number of aromatic nitrogens is 3. The number of imidazole rings is 1. The monoisotopic (exact) mass is 356 g/mol. The maximum Gasteiger partial charge on any atom is 0.323 e. The molecule has 3 heterocycles. The van der Waals surface area contributed by atoms with Crippen LogP contribution in [0.4, 0.5) is 5.69 Å². The molecule has 0 unspecified atom stereocenters. The fourth-order valence-electron chi connectivity index (χ4n) is 2.71. The largest absolute Gasteiger partial charge is 0.473 e. The number of benzene rings is 1. The molecule has 4 rings (SSSR count). The van der Waals surface area contributed by atoms with Crippen molar-refractivity contribution >= 4 is 34.4 Å². The Morgan fingerprint density at radius 1 is 1.24 bits per heavy atom. The fraction of sp³-hybridized carbons (Fsp3) is 0.235. The van der Waals surface area contributed by atoms with Gasteiger partial charge in [-0.3, -0.25) is 4.79 Å². The van der Waals surface area contributed by atoms with Gasteiger partial charge in [0.05, 0.1) is 11.0 Å². The van der Waals surface area contributed by atoms with E-state index in [-0.39, 0.29) is 17.7 Å². The van der Waals surface area contributed by atoms with Crippen LogP contribution >= 0.6 is 11.8 Å². The number of rotatable bonds is 4. The number of nitrogens with one attached hydrogen (secondary N) is 3. The number of carbonyl (C=O) groups excluding carboxylic acids is 1. The van der Waals surface area contributed by atoms with Crippen LogP contribution in [0.15, 0.2) is 41.3 Å². The molecule has 1 aromatic carbocycles. The Bertz CT molecular complexity index is 975. The summed E-state index contributed by atoms with van der Waals surface area (Å²) < 4.78 is 5.82. The number of nitrogens with zero attached hydrogens (tertiary/aromatic N) is 1. The molecule has 3 aromatic rings. The van der Waals surface area contributed by atoms with Crippen molar-refractivity contribution in [2.45, 2.75) is 12.5 Å². The second-order valence-corrected chi connectivity index (χ2v) is 6.93. The first kappa shape index (κ1) is 15.8. The number of ether oxygens (including phenoxy) is 1. The molecule has 0 aliphatic carbocycles. The number of fused-ring (bicyclic) bond motifs is 1. The lowest BCUT2D eigenvalue weighted by Crippen LogP contribution is -2.17. The Labute approximate surface area is 147 Å². The van der Waals surface area contributed by atoms with Gasteiger partial charge >= 0.3 is 5.69 Å². The van der Waals surface area contributed by atoms with Crippen LogP contribution in [-0.4, -0.2) is 38.5 Å². The number of hydrogen-bond donors (Lipinski definition) is 3. The number of hydrogen-bond acceptors (Lipinski definition) is 5. The summed E-state index contributed by atoms with van der Waals surface area (Å²) in [4.78, 5) is 33.3. The Hall–Kier alpha value is -2.74. The van der Waals surface area contributed by atoms with Crippen molar-refractivity contribution in [3.05, 3.63) is 52.6 Å². The average Bonchev–Trinajstić information content (AvgIpc) is 3.23. The van der Waals surface area contributed by atoms with E-state index in [0.717, 1.165) is 17.9 Å². The van der Waals surface area contributed by atoms with Gasteiger partial charge in [0.2, 0.25) is 5.88 Å². The molecule has 1 amide bonds. The Morgan fingerprint density at radius 2 is 2.12 bits per heavy atom. The van der Waals surface area contributed by atoms with Crippen molar-refractivity contribution in [1.29, 1.82) is 0 Å². The first-order chi connectivity index (χ1) is 12.2. The van der Waals surface area contributed by atoms with Gasteiger partial charge in [-0.2, -0.15) is 11.8 Å². The zero-order valence-corrected chi connectivity index (χ0v) is 14.1. The molecule has 0 spiro atoms. The van der Waals surface area contributed by atoms with Crippen LogP contribution in [0.1, 0.15) is 16.8 Å². The van der Waals surface area contributed by atoms with Gasteiger partial charge in [-0.15, -0.1) is 0 Å². The molecule has 128 valence electrons. The van der Waals surface area contributed by atoms with E-state index in [4.69, 9.17) is 4.74 Å². The summed E-state index contributed by atoms with van der Waals surface area (Å²) >= 11 is 1.86. The van der Waals surface area contributed by atoms with Crippen molar-refractivity contribution in [2.24, 2.45) is 0 Å². The summed E-state index contributed by atoms with van der Waals surface area (Å²) in [6.45, 7) is 0. The number of H-pyrrole nitrogens is 2. The topological polar surface area (TPSA) is 99.9 Å². The third kappa shape index (κ3) is 3.53. The summed E-state index contributed by atoms with van der Waals surface area (Å²) in [5.74, 6) is 2.25. The van der Waals surface area contributed by atoms with E-state index in [1.807, 2.05) is 11.8 Å². The average molecular weight is 356 g/mol. The molecule has 0 radical (unpaired) electrons. The van der Waals surface area contributed by atoms with Crippen molar-refractivity contribution in [2.75, 3.05) is 16.8 Å². The van der Waals surface area contributed by atoms with Crippen LogP contribution in [-0.2, 0) is 0 Å². The number of thioether (sulfide) groups is 1. The van der Waals surface area contributed by atoms with E-state index in [1.54, 1.807) is 36.5 Å². The van der Waals surface area contributed by atoms with Gasteiger partial charge in [-0.25, -0.2) is 9.78 Å². The standard InChI is InChI=1S/C17H16N4O3S/c22-16(19-11-1-2-13-14(8-11)21-17(23)20-13)10-3-5-18-15(7-10)24-12-4-6-25-9-12/h1-3,5,7-8,12H,4,6,9H2,(H,19,22)(H2,20,21,23)/t12-/m0/s1. The summed E-state index contributed by atoms with van der Waals surface area (Å²) in [6, 6.07) is 8.47. The summed E-state index contributed by atoms with van der Waals surface area (Å²) in [6.07, 6.45) is 2.72. The van der Waals surface area contributed by atoms with Crippen LogP contribution in [0.25, 0.3) is 11.0 Å². The summed E-state index contributed by atoms with van der Waals surface area (Å²) in [5.41, 5.74) is 2.12. The smallest absolute Gasteiger partial charge is 0.323 e. The van der Waals surface area contributed by atoms with Crippen LogP contribution in [0.3, 0.4) is 0 Å². The van der Waals surface area contributed by atoms with E-state index in [9.17, 15) is 9.59 Å². The van der Waals surface area contributed by atoms with Gasteiger partial charge in [0, 0.05) is 29.3 Å². The lowest BCUT2D eigenvalue weighted by molar-refractivity contribution is 0.102. The highest BCUT2D eigenvalue weighted by Gasteiger charge is 2.18. The summed E-state index contributed by atoms with van der Waals surface area (Å²) in [7, 11) is 0. The quantitative estimate of drug-likeness (QED) is 0.666. The van der Waals surface area contributed by atoms with Crippen LogP contribution in [0, 0.1) is 0 Å². The molecule has 3 N–H and O–H groups in total. The van der Waals surface area contributed by atoms with Crippen LogP contribution in [0.2, 0.25) is 0 Å². The maximum absolute atomic E-state index is 12.5. The predicted octanol–water partition coefficient (Wildman–Crippen LogP) is 2.39. The molecule has 1 aliphatic rings. The summed E-state index contributed by atoms with van der Waals surface area (Å²) in [5, 5.41) is 2.82. The van der Waals surface area contributed by atoms with E-state index >= 15 is 0 Å².